The van der Waals surface area contributed by atoms with Gasteiger partial charge in [0.2, 0.25) is 0 Å². The monoisotopic (exact) mass is 566 g/mol. The molecule has 2 nitrogen and oxygen atoms in total. The molecule has 0 heterocycles. The summed E-state index contributed by atoms with van der Waals surface area (Å²) in [5.41, 5.74) is 5.13. The first-order valence-corrected chi connectivity index (χ1v) is 18.7. The van der Waals surface area contributed by atoms with Gasteiger partial charge in [0.1, 0.15) is 0 Å². The van der Waals surface area contributed by atoms with Crippen molar-refractivity contribution in [3.05, 3.63) is 34.9 Å². The summed E-state index contributed by atoms with van der Waals surface area (Å²) >= 11 is 0. The lowest BCUT2D eigenvalue weighted by Gasteiger charge is -2.57. The van der Waals surface area contributed by atoms with Crippen molar-refractivity contribution in [3.63, 3.8) is 0 Å². The molecule has 226 valence electrons. The Morgan fingerprint density at radius 3 is 1.36 bits per heavy atom. The highest BCUT2D eigenvalue weighted by molar-refractivity contribution is 5.91. The maximum absolute atomic E-state index is 14.0. The van der Waals surface area contributed by atoms with E-state index in [1.54, 1.807) is 0 Å². The predicted molar refractivity (Wildman–Crippen MR) is 166 cm³/mol. The average molecular weight is 567 g/mol. The van der Waals surface area contributed by atoms with Crippen LogP contribution in [0.3, 0.4) is 0 Å². The molecule has 0 spiro atoms. The fraction of sp³-hybridized carbons (Fsp3) is 0.825. The van der Waals surface area contributed by atoms with Crippen LogP contribution in [0.25, 0.3) is 0 Å². The predicted octanol–water partition coefficient (Wildman–Crippen LogP) is 9.58. The third kappa shape index (κ3) is 4.33. The minimum atomic E-state index is 0.00632. The van der Waals surface area contributed by atoms with Crippen LogP contribution in [0.2, 0.25) is 0 Å². The van der Waals surface area contributed by atoms with Crippen molar-refractivity contribution in [3.8, 4) is 0 Å². The number of benzene rings is 1. The van der Waals surface area contributed by atoms with E-state index >= 15 is 0 Å². The number of hydrogen-bond acceptors (Lipinski definition) is 2. The second kappa shape index (κ2) is 9.13. The number of esters is 1. The fourth-order valence-corrected chi connectivity index (χ4v) is 15.7. The molecule has 0 amide bonds. The van der Waals surface area contributed by atoms with Crippen molar-refractivity contribution >= 4 is 5.97 Å². The van der Waals surface area contributed by atoms with Crippen LogP contribution in [0, 0.1) is 69.5 Å². The maximum atomic E-state index is 14.0. The van der Waals surface area contributed by atoms with Crippen molar-refractivity contribution in [1.82, 2.24) is 0 Å². The molecule has 0 radical (unpaired) electrons. The second-order valence-electron chi connectivity index (χ2n) is 19.2. The molecule has 0 unspecified atom stereocenters. The fourth-order valence-electron chi connectivity index (χ4n) is 15.7. The Hall–Kier alpha value is -1.31. The number of carbonyl (C=O) groups is 1. The Balaban J connectivity index is 0.934. The summed E-state index contributed by atoms with van der Waals surface area (Å²) in [5, 5.41) is 0. The van der Waals surface area contributed by atoms with Gasteiger partial charge in [-0.3, -0.25) is 0 Å². The molecule has 0 saturated heterocycles. The van der Waals surface area contributed by atoms with Gasteiger partial charge in [-0.1, -0.05) is 12.1 Å². The highest BCUT2D eigenvalue weighted by Crippen LogP contribution is 2.63. The van der Waals surface area contributed by atoms with E-state index in [2.05, 4.69) is 18.2 Å². The molecular weight excluding hydrogens is 512 g/mol. The zero-order chi connectivity index (χ0) is 27.7. The van der Waals surface area contributed by atoms with Crippen LogP contribution < -0.4 is 0 Å². The summed E-state index contributed by atoms with van der Waals surface area (Å²) in [7, 11) is 0. The van der Waals surface area contributed by atoms with E-state index in [-0.39, 0.29) is 5.97 Å². The Kier molecular flexibility index (Phi) is 5.64. The lowest BCUT2D eigenvalue weighted by molar-refractivity contribution is -0.0849. The standard InChI is InChI=1S/C40H54O2/c41-37(42-24-40-20-32-9-33(21-40)11-34(10-32)22-40)36-2-1-25(13-38-14-26-3-27(15-38)5-28(4-26)16-38)12-35(36)23-39-17-29-6-30(18-39)8-31(7-29)19-39/h1-2,12,26-34H,3-11,13-24H2. The minimum absolute atomic E-state index is 0.00632. The molecule has 12 aliphatic rings. The number of ether oxygens (including phenoxy) is 1. The van der Waals surface area contributed by atoms with Crippen molar-refractivity contribution in [2.45, 2.75) is 128 Å². The van der Waals surface area contributed by atoms with E-state index in [0.717, 1.165) is 65.2 Å². The van der Waals surface area contributed by atoms with E-state index in [0.29, 0.717) is 22.9 Å². The largest absolute Gasteiger partial charge is 0.461 e. The summed E-state index contributed by atoms with van der Waals surface area (Å²) in [6.45, 7) is 0.682. The van der Waals surface area contributed by atoms with E-state index in [1.165, 1.54) is 133 Å². The highest BCUT2D eigenvalue weighted by Gasteiger charge is 2.53. The first kappa shape index (κ1) is 26.0. The van der Waals surface area contributed by atoms with Crippen molar-refractivity contribution in [1.29, 1.82) is 0 Å². The molecule has 13 rings (SSSR count). The van der Waals surface area contributed by atoms with Crippen LogP contribution >= 0.6 is 0 Å². The van der Waals surface area contributed by atoms with Crippen LogP contribution in [-0.4, -0.2) is 12.6 Å². The summed E-state index contributed by atoms with van der Waals surface area (Å²) in [4.78, 5) is 14.0. The van der Waals surface area contributed by atoms with Crippen LogP contribution in [0.1, 0.15) is 137 Å². The van der Waals surface area contributed by atoms with Crippen LogP contribution in [0.4, 0.5) is 0 Å². The van der Waals surface area contributed by atoms with E-state index in [9.17, 15) is 4.79 Å². The van der Waals surface area contributed by atoms with Crippen LogP contribution in [0.5, 0.6) is 0 Å². The SMILES string of the molecule is O=C(OCC12CC3CC(CC(C3)C1)C2)c1ccc(CC23CC4CC(CC(C4)C2)C3)cc1CC12CC3CC(CC(C3)C1)C2. The van der Waals surface area contributed by atoms with Crippen molar-refractivity contribution < 1.29 is 9.53 Å². The van der Waals surface area contributed by atoms with Crippen LogP contribution in [-0.2, 0) is 17.6 Å². The molecule has 12 fully saturated rings. The van der Waals surface area contributed by atoms with Gasteiger partial charge in [-0.25, -0.2) is 4.79 Å². The Bertz CT molecular complexity index is 1160. The van der Waals surface area contributed by atoms with Gasteiger partial charge in [-0.2, -0.15) is 0 Å². The van der Waals surface area contributed by atoms with Gasteiger partial charge in [0.05, 0.1) is 12.2 Å². The maximum Gasteiger partial charge on any atom is 0.338 e. The third-order valence-corrected chi connectivity index (χ3v) is 15.5. The molecule has 2 heteroatoms. The van der Waals surface area contributed by atoms with E-state index in [4.69, 9.17) is 4.74 Å². The van der Waals surface area contributed by atoms with Crippen molar-refractivity contribution in [2.24, 2.45) is 69.5 Å². The normalized spacial score (nSPS) is 50.5. The Morgan fingerprint density at radius 2 is 0.929 bits per heavy atom. The molecule has 1 aromatic rings. The zero-order valence-electron chi connectivity index (χ0n) is 26.1. The van der Waals surface area contributed by atoms with Gasteiger partial charge in [-0.05, 0) is 210 Å². The molecule has 0 atom stereocenters. The summed E-state index contributed by atoms with van der Waals surface area (Å²) in [5.74, 6) is 8.60. The molecular formula is C40H54O2. The third-order valence-electron chi connectivity index (χ3n) is 15.5. The van der Waals surface area contributed by atoms with Gasteiger partial charge in [0.15, 0.2) is 0 Å². The first-order valence-electron chi connectivity index (χ1n) is 18.7. The lowest BCUT2D eigenvalue weighted by atomic mass is 9.48. The highest BCUT2D eigenvalue weighted by atomic mass is 16.5. The topological polar surface area (TPSA) is 26.3 Å². The first-order chi connectivity index (χ1) is 20.4. The molecule has 0 aromatic heterocycles. The molecule has 42 heavy (non-hydrogen) atoms. The van der Waals surface area contributed by atoms with Gasteiger partial charge >= 0.3 is 5.97 Å². The number of rotatable bonds is 7. The summed E-state index contributed by atoms with van der Waals surface area (Å²) in [6, 6.07) is 7.16. The van der Waals surface area contributed by atoms with Gasteiger partial charge in [0.25, 0.3) is 0 Å². The van der Waals surface area contributed by atoms with Gasteiger partial charge in [-0.15, -0.1) is 0 Å². The summed E-state index contributed by atoms with van der Waals surface area (Å²) < 4.78 is 6.41. The molecule has 0 aliphatic heterocycles. The number of hydrogen-bond donors (Lipinski definition) is 0. The quantitative estimate of drug-likeness (QED) is 0.307. The smallest absolute Gasteiger partial charge is 0.338 e. The second-order valence-corrected chi connectivity index (χ2v) is 19.2. The zero-order valence-corrected chi connectivity index (χ0v) is 26.1. The molecule has 12 bridgehead atoms. The molecule has 12 aliphatic carbocycles. The van der Waals surface area contributed by atoms with Crippen molar-refractivity contribution in [2.75, 3.05) is 6.61 Å². The molecule has 12 saturated carbocycles. The van der Waals surface area contributed by atoms with Gasteiger partial charge in [0, 0.05) is 5.41 Å². The molecule has 0 N–H and O–H groups in total. The van der Waals surface area contributed by atoms with Gasteiger partial charge < -0.3 is 4.74 Å². The lowest BCUT2D eigenvalue weighted by Crippen LogP contribution is -2.48. The van der Waals surface area contributed by atoms with Crippen LogP contribution in [0.15, 0.2) is 18.2 Å². The molecule has 1 aromatic carbocycles. The Labute approximate surface area is 254 Å². The van der Waals surface area contributed by atoms with E-state index in [1.807, 2.05) is 0 Å². The van der Waals surface area contributed by atoms with E-state index < -0.39 is 0 Å². The summed E-state index contributed by atoms with van der Waals surface area (Å²) in [6.07, 6.45) is 28.4. The average Bonchev–Trinajstić information content (AvgIpc) is 2.89. The minimum Gasteiger partial charge on any atom is -0.461 e. The number of carbonyl (C=O) groups excluding carboxylic acids is 1. The Morgan fingerprint density at radius 1 is 0.548 bits per heavy atom.